The Labute approximate surface area is 150 Å². The van der Waals surface area contributed by atoms with Gasteiger partial charge in [0.05, 0.1) is 17.7 Å². The fraction of sp³-hybridized carbons (Fsp3) is 0.278. The summed E-state index contributed by atoms with van der Waals surface area (Å²) in [5.74, 6) is 1.61. The zero-order valence-corrected chi connectivity index (χ0v) is 14.7. The molecule has 3 heterocycles. The van der Waals surface area contributed by atoms with Crippen LogP contribution in [0.5, 0.6) is 0 Å². The summed E-state index contributed by atoms with van der Waals surface area (Å²) >= 11 is 6.09. The van der Waals surface area contributed by atoms with Crippen LogP contribution in [0.1, 0.15) is 28.6 Å². The smallest absolute Gasteiger partial charge is 0.262 e. The molecule has 25 heavy (non-hydrogen) atoms. The third kappa shape index (κ3) is 2.53. The van der Waals surface area contributed by atoms with Gasteiger partial charge in [0, 0.05) is 23.8 Å². The van der Waals surface area contributed by atoms with Gasteiger partial charge in [-0.05, 0) is 32.0 Å². The van der Waals surface area contributed by atoms with Crippen LogP contribution in [-0.4, -0.2) is 42.6 Å². The van der Waals surface area contributed by atoms with Crippen molar-refractivity contribution >= 4 is 41.3 Å². The fourth-order valence-electron chi connectivity index (χ4n) is 3.23. The molecule has 0 fully saturated rings. The van der Waals surface area contributed by atoms with Crippen LogP contribution in [0.2, 0.25) is 5.02 Å². The van der Waals surface area contributed by atoms with Crippen molar-refractivity contribution in [3.63, 3.8) is 0 Å². The van der Waals surface area contributed by atoms with Gasteiger partial charge in [-0.3, -0.25) is 9.79 Å². The van der Waals surface area contributed by atoms with E-state index in [1.807, 2.05) is 24.0 Å². The first-order valence-corrected chi connectivity index (χ1v) is 8.54. The van der Waals surface area contributed by atoms with E-state index in [4.69, 9.17) is 16.0 Å². The summed E-state index contributed by atoms with van der Waals surface area (Å²) in [6, 6.07) is 7.27. The van der Waals surface area contributed by atoms with E-state index >= 15 is 0 Å². The van der Waals surface area contributed by atoms with Crippen molar-refractivity contribution in [3.05, 3.63) is 46.2 Å². The Balaban J connectivity index is 1.81. The molecular formula is C18H17ClN4O2. The van der Waals surface area contributed by atoms with E-state index in [1.54, 1.807) is 30.3 Å². The maximum Gasteiger partial charge on any atom is 0.262 e. The van der Waals surface area contributed by atoms with Crippen LogP contribution in [0.4, 0.5) is 11.6 Å². The van der Waals surface area contributed by atoms with Gasteiger partial charge < -0.3 is 14.2 Å². The quantitative estimate of drug-likeness (QED) is 0.843. The number of carbonyl (C=O) groups is 1. The Morgan fingerprint density at radius 2 is 2.28 bits per heavy atom. The van der Waals surface area contributed by atoms with Crippen LogP contribution in [-0.2, 0) is 0 Å². The molecule has 0 saturated carbocycles. The zero-order chi connectivity index (χ0) is 17.6. The molecule has 0 bridgehead atoms. The molecule has 0 N–H and O–H groups in total. The predicted octanol–water partition coefficient (Wildman–Crippen LogP) is 3.64. The number of amides is 1. The predicted molar refractivity (Wildman–Crippen MR) is 98.5 cm³/mol. The second kappa shape index (κ2) is 6.04. The lowest BCUT2D eigenvalue weighted by Gasteiger charge is -2.23. The molecular weight excluding hydrogens is 340 g/mol. The summed E-state index contributed by atoms with van der Waals surface area (Å²) in [4.78, 5) is 25.8. The van der Waals surface area contributed by atoms with Crippen molar-refractivity contribution in [2.45, 2.75) is 13.8 Å². The number of halogens is 1. The Kier molecular flexibility index (Phi) is 3.84. The molecule has 2 aromatic rings. The van der Waals surface area contributed by atoms with Gasteiger partial charge in [0.1, 0.15) is 17.9 Å². The number of benzene rings is 1. The highest BCUT2D eigenvalue weighted by molar-refractivity contribution is 6.31. The van der Waals surface area contributed by atoms with Gasteiger partial charge in [0.25, 0.3) is 5.91 Å². The average molecular weight is 357 g/mol. The van der Waals surface area contributed by atoms with Gasteiger partial charge in [-0.15, -0.1) is 0 Å². The van der Waals surface area contributed by atoms with E-state index < -0.39 is 0 Å². The number of carbonyl (C=O) groups excluding carboxylic acids is 1. The highest BCUT2D eigenvalue weighted by atomic mass is 35.5. The largest absolute Gasteiger partial charge is 0.442 e. The van der Waals surface area contributed by atoms with Crippen LogP contribution in [0.15, 0.2) is 38.7 Å². The zero-order valence-electron chi connectivity index (χ0n) is 14.0. The lowest BCUT2D eigenvalue weighted by molar-refractivity contribution is 0.0986. The molecule has 1 amide bonds. The SMILES string of the molecule is CCN(C(=O)c1c(C)oc2c1C1=NCCN1C=N2)c1cccc(Cl)c1. The minimum Gasteiger partial charge on any atom is -0.442 e. The number of aliphatic imine (C=N–C) groups is 2. The van der Waals surface area contributed by atoms with Crippen LogP contribution in [0, 0.1) is 6.92 Å². The highest BCUT2D eigenvalue weighted by Crippen LogP contribution is 2.35. The third-order valence-corrected chi connectivity index (χ3v) is 4.61. The van der Waals surface area contributed by atoms with Crippen molar-refractivity contribution in [2.75, 3.05) is 24.5 Å². The van der Waals surface area contributed by atoms with Crippen LogP contribution in [0.3, 0.4) is 0 Å². The van der Waals surface area contributed by atoms with E-state index in [1.165, 1.54) is 0 Å². The Hall–Kier alpha value is -2.60. The summed E-state index contributed by atoms with van der Waals surface area (Å²) in [5, 5.41) is 0.589. The van der Waals surface area contributed by atoms with Gasteiger partial charge in [0.2, 0.25) is 5.88 Å². The molecule has 0 aliphatic carbocycles. The van der Waals surface area contributed by atoms with Crippen molar-refractivity contribution < 1.29 is 9.21 Å². The molecule has 2 aliphatic heterocycles. The molecule has 1 aromatic heterocycles. The first-order valence-electron chi connectivity index (χ1n) is 8.16. The number of rotatable bonds is 3. The molecule has 2 aliphatic rings. The number of fused-ring (bicyclic) bond motifs is 3. The Morgan fingerprint density at radius 3 is 3.04 bits per heavy atom. The summed E-state index contributed by atoms with van der Waals surface area (Å²) in [5.41, 5.74) is 1.95. The van der Waals surface area contributed by atoms with E-state index in [0.29, 0.717) is 40.9 Å². The third-order valence-electron chi connectivity index (χ3n) is 4.37. The van der Waals surface area contributed by atoms with Crippen molar-refractivity contribution in [2.24, 2.45) is 9.98 Å². The lowest BCUT2D eigenvalue weighted by atomic mass is 10.1. The maximum atomic E-state index is 13.3. The summed E-state index contributed by atoms with van der Waals surface area (Å²) < 4.78 is 5.74. The molecule has 0 spiro atoms. The standard InChI is InChI=1S/C18H17ClN4O2/c1-3-23(13-6-4-5-12(19)9-13)18(24)14-11(2)25-17-15(14)16-20-7-8-22(16)10-21-17/h4-6,9-10H,3,7-8H2,1-2H3. The second-order valence-electron chi connectivity index (χ2n) is 5.89. The van der Waals surface area contributed by atoms with Crippen LogP contribution in [0.25, 0.3) is 0 Å². The van der Waals surface area contributed by atoms with Gasteiger partial charge >= 0.3 is 0 Å². The van der Waals surface area contributed by atoms with E-state index in [-0.39, 0.29) is 5.91 Å². The molecule has 0 unspecified atom stereocenters. The van der Waals surface area contributed by atoms with Crippen molar-refractivity contribution in [3.8, 4) is 0 Å². The van der Waals surface area contributed by atoms with E-state index in [9.17, 15) is 4.79 Å². The normalized spacial score (nSPS) is 15.0. The summed E-state index contributed by atoms with van der Waals surface area (Å²) in [7, 11) is 0. The number of anilines is 1. The Morgan fingerprint density at radius 1 is 1.44 bits per heavy atom. The van der Waals surface area contributed by atoms with E-state index in [2.05, 4.69) is 9.98 Å². The van der Waals surface area contributed by atoms with E-state index in [0.717, 1.165) is 18.1 Å². The number of amidine groups is 1. The number of aryl methyl sites for hydroxylation is 1. The molecule has 0 atom stereocenters. The first kappa shape index (κ1) is 15.9. The van der Waals surface area contributed by atoms with Crippen LogP contribution >= 0.6 is 11.6 Å². The summed E-state index contributed by atoms with van der Waals surface area (Å²) in [6.07, 6.45) is 1.71. The van der Waals surface area contributed by atoms with Crippen LogP contribution < -0.4 is 4.90 Å². The minimum absolute atomic E-state index is 0.140. The minimum atomic E-state index is -0.140. The molecule has 6 nitrogen and oxygen atoms in total. The molecule has 4 rings (SSSR count). The van der Waals surface area contributed by atoms with Crippen molar-refractivity contribution in [1.82, 2.24) is 4.90 Å². The van der Waals surface area contributed by atoms with Gasteiger partial charge in [-0.1, -0.05) is 17.7 Å². The lowest BCUT2D eigenvalue weighted by Crippen LogP contribution is -2.34. The average Bonchev–Trinajstić information content (AvgIpc) is 3.18. The first-order chi connectivity index (χ1) is 12.1. The monoisotopic (exact) mass is 356 g/mol. The molecule has 0 radical (unpaired) electrons. The second-order valence-corrected chi connectivity index (χ2v) is 6.32. The number of hydrogen-bond donors (Lipinski definition) is 0. The number of nitrogens with zero attached hydrogens (tertiary/aromatic N) is 4. The van der Waals surface area contributed by atoms with Crippen molar-refractivity contribution in [1.29, 1.82) is 0 Å². The summed E-state index contributed by atoms with van der Waals surface area (Å²) in [6.45, 7) is 5.68. The fourth-order valence-corrected chi connectivity index (χ4v) is 3.41. The molecule has 7 heteroatoms. The number of hydrogen-bond acceptors (Lipinski definition) is 5. The maximum absolute atomic E-state index is 13.3. The van der Waals surface area contributed by atoms with Gasteiger partial charge in [0.15, 0.2) is 0 Å². The Bertz CT molecular complexity index is 916. The van der Waals surface area contributed by atoms with Gasteiger partial charge in [-0.2, -0.15) is 0 Å². The topological polar surface area (TPSA) is 61.4 Å². The molecule has 128 valence electrons. The number of furan rings is 1. The van der Waals surface area contributed by atoms with Gasteiger partial charge in [-0.25, -0.2) is 4.99 Å². The molecule has 0 saturated heterocycles. The molecule has 1 aromatic carbocycles. The highest BCUT2D eigenvalue weighted by Gasteiger charge is 2.35.